The summed E-state index contributed by atoms with van der Waals surface area (Å²) in [7, 11) is 0.135. The van der Waals surface area contributed by atoms with E-state index in [0.29, 0.717) is 0 Å². The Morgan fingerprint density at radius 1 is 0.322 bits per heavy atom. The van der Waals surface area contributed by atoms with Crippen LogP contribution >= 0.6 is 15.8 Å². The molecule has 0 aliphatic heterocycles. The number of benzene rings is 4. The molecule has 4 aromatic rings. The predicted octanol–water partition coefficient (Wildman–Crippen LogP) is 15.2. The third-order valence-corrected chi connectivity index (χ3v) is 16.0. The van der Waals surface area contributed by atoms with Crippen LogP contribution in [0.5, 0.6) is 0 Å². The second-order valence-corrected chi connectivity index (χ2v) is 20.8. The zero-order valence-corrected chi connectivity index (χ0v) is 41.7. The molecule has 0 atom stereocenters. The quantitative estimate of drug-likeness (QED) is 0.0688. The van der Waals surface area contributed by atoms with E-state index in [1.807, 2.05) is 109 Å². The first-order chi connectivity index (χ1) is 28.5. The van der Waals surface area contributed by atoms with Crippen LogP contribution in [-0.4, -0.2) is 37.0 Å². The molecule has 3 heteroatoms. The number of hydrogen-bond donors (Lipinski definition) is 0. The molecule has 0 N–H and O–H groups in total. The van der Waals surface area contributed by atoms with Crippen molar-refractivity contribution in [3.05, 3.63) is 155 Å². The molecule has 0 aliphatic carbocycles. The summed E-state index contributed by atoms with van der Waals surface area (Å²) < 4.78 is 0. The van der Waals surface area contributed by atoms with E-state index in [1.54, 1.807) is 37.0 Å². The Balaban J connectivity index is 0.000000761. The van der Waals surface area contributed by atoms with E-state index >= 15 is 0 Å². The molecule has 4 rings (SSSR count). The van der Waals surface area contributed by atoms with E-state index < -0.39 is 0 Å². The van der Waals surface area contributed by atoms with Crippen LogP contribution in [0.25, 0.3) is 0 Å². The number of unbranched alkanes of at least 4 members (excludes halogenated alkanes) is 6. The van der Waals surface area contributed by atoms with Crippen LogP contribution in [0.4, 0.5) is 0 Å². The van der Waals surface area contributed by atoms with E-state index in [0.717, 1.165) is 33.4 Å². The van der Waals surface area contributed by atoms with Gasteiger partial charge in [-0.3, -0.25) is 0 Å². The van der Waals surface area contributed by atoms with Crippen LogP contribution < -0.4 is 0 Å². The molecular formula is C56H74P2Pt+2. The normalized spacial score (nSPS) is 9.59. The molecule has 316 valence electrons. The van der Waals surface area contributed by atoms with Crippen molar-refractivity contribution in [3.63, 3.8) is 0 Å². The van der Waals surface area contributed by atoms with Crippen molar-refractivity contribution in [2.75, 3.05) is 37.0 Å². The molecule has 0 spiro atoms. The van der Waals surface area contributed by atoms with Crippen LogP contribution in [0.15, 0.2) is 109 Å². The minimum Gasteiger partial charge on any atom is -0.0652 e. The minimum absolute atomic E-state index is 0. The minimum atomic E-state index is 0. The van der Waals surface area contributed by atoms with Crippen LogP contribution in [0.3, 0.4) is 0 Å². The summed E-state index contributed by atoms with van der Waals surface area (Å²) in [4.78, 5) is 0. The van der Waals surface area contributed by atoms with Gasteiger partial charge in [0.1, 0.15) is 0 Å². The number of rotatable bonds is 18. The summed E-state index contributed by atoms with van der Waals surface area (Å²) in [5, 5.41) is 0. The zero-order chi connectivity index (χ0) is 42.3. The molecule has 59 heavy (non-hydrogen) atoms. The molecule has 0 bridgehead atoms. The molecule has 0 aliphatic rings. The van der Waals surface area contributed by atoms with E-state index in [2.05, 4.69) is 77.1 Å². The molecule has 0 saturated carbocycles. The smallest absolute Gasteiger partial charge is 0.0571 e. The second-order valence-electron chi connectivity index (χ2n) is 14.8. The Bertz CT molecular complexity index is 1590. The molecule has 0 saturated heterocycles. The summed E-state index contributed by atoms with van der Waals surface area (Å²) in [6.45, 7) is 13.9. The van der Waals surface area contributed by atoms with Crippen LogP contribution in [0.2, 0.25) is 0 Å². The van der Waals surface area contributed by atoms with E-state index in [4.69, 9.17) is 12.8 Å². The van der Waals surface area contributed by atoms with E-state index in [-0.39, 0.29) is 36.9 Å². The fourth-order valence-corrected chi connectivity index (χ4v) is 12.5. The standard InChI is InChI=1S/2C16H9.2C12H27P.Pt/c2*1-2-14-8-10-16(11-9-14)13-12-15-6-4-3-5-7-15;2*1-4-7-10-13(11-8-5-2)12-9-6-3;/h2*3-11H;2*4-12H2,1-3H3;/p+2. The van der Waals surface area contributed by atoms with Gasteiger partial charge in [-0.25, -0.2) is 0 Å². The molecule has 0 fully saturated rings. The number of hydrogen-bond acceptors (Lipinski definition) is 0. The fourth-order valence-electron chi connectivity index (χ4n) is 5.92. The van der Waals surface area contributed by atoms with Crippen LogP contribution in [0.1, 0.15) is 152 Å². The van der Waals surface area contributed by atoms with Gasteiger partial charge < -0.3 is 0 Å². The van der Waals surface area contributed by atoms with Crippen LogP contribution in [-0.2, 0) is 21.1 Å². The summed E-state index contributed by atoms with van der Waals surface area (Å²) in [5.41, 5.74) is 5.44. The third-order valence-electron chi connectivity index (χ3n) is 9.61. The summed E-state index contributed by atoms with van der Waals surface area (Å²) in [5.74, 6) is 17.0. The molecule has 0 amide bonds. The van der Waals surface area contributed by atoms with Gasteiger partial charge in [-0.15, -0.1) is 0 Å². The molecule has 2 radical (unpaired) electrons. The third kappa shape index (κ3) is 30.4. The van der Waals surface area contributed by atoms with Crippen molar-refractivity contribution in [1.82, 2.24) is 0 Å². The maximum atomic E-state index is 6.96. The molecule has 0 aromatic heterocycles. The van der Waals surface area contributed by atoms with Crippen LogP contribution in [0, 0.1) is 48.4 Å². The Hall–Kier alpha value is -3.33. The van der Waals surface area contributed by atoms with Gasteiger partial charge in [0.2, 0.25) is 0 Å². The molecule has 0 nitrogen and oxygen atoms in total. The summed E-state index contributed by atoms with van der Waals surface area (Å²) in [6.07, 6.45) is 40.7. The van der Waals surface area contributed by atoms with Gasteiger partial charge in [-0.1, -0.05) is 152 Å². The Labute approximate surface area is 381 Å². The molecular weight excluding hydrogens is 930 g/mol. The molecule has 4 aromatic carbocycles. The Morgan fingerprint density at radius 2 is 0.525 bits per heavy atom. The first-order valence-electron chi connectivity index (χ1n) is 22.3. The van der Waals surface area contributed by atoms with Crippen molar-refractivity contribution >= 4 is 15.8 Å². The predicted molar refractivity (Wildman–Crippen MR) is 265 cm³/mol. The largest absolute Gasteiger partial charge is 0.0652 e. The topological polar surface area (TPSA) is 0 Å². The summed E-state index contributed by atoms with van der Waals surface area (Å²) >= 11 is 0. The molecule has 0 unspecified atom stereocenters. The maximum absolute atomic E-state index is 6.96. The van der Waals surface area contributed by atoms with Gasteiger partial charge in [0.25, 0.3) is 0 Å². The summed E-state index contributed by atoms with van der Waals surface area (Å²) in [6, 6.07) is 34.7. The zero-order valence-electron chi connectivity index (χ0n) is 37.4. The van der Waals surface area contributed by atoms with Crippen molar-refractivity contribution < 1.29 is 21.1 Å². The first-order valence-corrected chi connectivity index (χ1v) is 26.6. The van der Waals surface area contributed by atoms with Gasteiger partial charge >= 0.3 is 0 Å². The van der Waals surface area contributed by atoms with Crippen molar-refractivity contribution in [2.24, 2.45) is 0 Å². The molecule has 0 heterocycles. The monoisotopic (exact) mass is 1000 g/mol. The maximum Gasteiger partial charge on any atom is 0.0571 e. The average Bonchev–Trinajstić information content (AvgIpc) is 3.28. The van der Waals surface area contributed by atoms with Crippen molar-refractivity contribution in [3.8, 4) is 35.5 Å². The van der Waals surface area contributed by atoms with Gasteiger partial charge in [-0.2, -0.15) is 0 Å². The van der Waals surface area contributed by atoms with Gasteiger partial charge in [0, 0.05) is 70.3 Å². The van der Waals surface area contributed by atoms with Gasteiger partial charge in [0.15, 0.2) is 0 Å². The van der Waals surface area contributed by atoms with Gasteiger partial charge in [0.05, 0.1) is 37.0 Å². The van der Waals surface area contributed by atoms with Gasteiger partial charge in [-0.05, 0) is 124 Å². The first kappa shape index (κ1) is 55.7. The average molecular weight is 1000 g/mol. The van der Waals surface area contributed by atoms with Crippen molar-refractivity contribution in [1.29, 1.82) is 0 Å². The SMILES string of the molecule is CCCC[PH+](CCCC)CCCC.CCCC[PH+](CCCC)CCCC.[C]#Cc1ccc(C#Cc2ccccc2)cc1.[C]#Cc1ccc(C#Cc2ccccc2)cc1.[Pt]. The Morgan fingerprint density at radius 3 is 0.729 bits per heavy atom. The fraction of sp³-hybridized carbons (Fsp3) is 0.429. The van der Waals surface area contributed by atoms with E-state index in [9.17, 15) is 0 Å². The second kappa shape index (κ2) is 40.1. The van der Waals surface area contributed by atoms with E-state index in [1.165, 1.54) is 77.0 Å². The Kier molecular flexibility index (Phi) is 37.8. The van der Waals surface area contributed by atoms with Crippen molar-refractivity contribution in [2.45, 2.75) is 119 Å².